The maximum atomic E-state index is 13.5. The van der Waals surface area contributed by atoms with Gasteiger partial charge in [-0.25, -0.2) is 14.4 Å². The SMILES string of the molecule is COc1ccc(C(C)Nc2ncnc3ccc(F)cc23)cc1. The summed E-state index contributed by atoms with van der Waals surface area (Å²) < 4.78 is 18.6. The van der Waals surface area contributed by atoms with Crippen molar-refractivity contribution in [3.63, 3.8) is 0 Å². The molecule has 2 aromatic carbocycles. The molecule has 0 amide bonds. The van der Waals surface area contributed by atoms with Gasteiger partial charge in [0.25, 0.3) is 0 Å². The lowest BCUT2D eigenvalue weighted by Crippen LogP contribution is -2.08. The monoisotopic (exact) mass is 297 g/mol. The minimum atomic E-state index is -0.303. The average Bonchev–Trinajstić information content (AvgIpc) is 2.55. The van der Waals surface area contributed by atoms with Gasteiger partial charge in [-0.2, -0.15) is 0 Å². The van der Waals surface area contributed by atoms with Crippen LogP contribution in [-0.2, 0) is 0 Å². The predicted molar refractivity (Wildman–Crippen MR) is 84.5 cm³/mol. The Morgan fingerprint density at radius 3 is 2.59 bits per heavy atom. The molecule has 0 radical (unpaired) electrons. The van der Waals surface area contributed by atoms with Crippen molar-refractivity contribution in [1.82, 2.24) is 9.97 Å². The number of halogens is 1. The summed E-state index contributed by atoms with van der Waals surface area (Å²) >= 11 is 0. The van der Waals surface area contributed by atoms with Gasteiger partial charge in [-0.15, -0.1) is 0 Å². The van der Waals surface area contributed by atoms with E-state index in [-0.39, 0.29) is 11.9 Å². The molecule has 1 unspecified atom stereocenters. The zero-order valence-corrected chi connectivity index (χ0v) is 12.4. The van der Waals surface area contributed by atoms with E-state index in [9.17, 15) is 4.39 Å². The smallest absolute Gasteiger partial charge is 0.137 e. The van der Waals surface area contributed by atoms with Crippen LogP contribution in [-0.4, -0.2) is 17.1 Å². The number of aromatic nitrogens is 2. The first-order valence-corrected chi connectivity index (χ1v) is 6.98. The Morgan fingerprint density at radius 2 is 1.86 bits per heavy atom. The third kappa shape index (κ3) is 2.83. The van der Waals surface area contributed by atoms with Crippen LogP contribution >= 0.6 is 0 Å². The van der Waals surface area contributed by atoms with Crippen LogP contribution in [0.4, 0.5) is 10.2 Å². The van der Waals surface area contributed by atoms with Crippen LogP contribution in [0, 0.1) is 5.82 Å². The molecule has 0 fully saturated rings. The molecule has 0 bridgehead atoms. The minimum absolute atomic E-state index is 0.0206. The van der Waals surface area contributed by atoms with E-state index in [0.717, 1.165) is 11.3 Å². The third-order valence-corrected chi connectivity index (χ3v) is 3.57. The molecular formula is C17H16FN3O. The second-order valence-corrected chi connectivity index (χ2v) is 5.02. The topological polar surface area (TPSA) is 47.0 Å². The lowest BCUT2D eigenvalue weighted by Gasteiger charge is -2.16. The fourth-order valence-corrected chi connectivity index (χ4v) is 2.32. The molecule has 0 aliphatic heterocycles. The lowest BCUT2D eigenvalue weighted by molar-refractivity contribution is 0.414. The lowest BCUT2D eigenvalue weighted by atomic mass is 10.1. The third-order valence-electron chi connectivity index (χ3n) is 3.57. The summed E-state index contributed by atoms with van der Waals surface area (Å²) in [4.78, 5) is 8.38. The summed E-state index contributed by atoms with van der Waals surface area (Å²) in [6, 6.07) is 12.3. The van der Waals surface area contributed by atoms with Gasteiger partial charge in [0.2, 0.25) is 0 Å². The Hall–Kier alpha value is -2.69. The van der Waals surface area contributed by atoms with Gasteiger partial charge in [0, 0.05) is 11.4 Å². The van der Waals surface area contributed by atoms with Crippen molar-refractivity contribution in [2.45, 2.75) is 13.0 Å². The van der Waals surface area contributed by atoms with Crippen LogP contribution in [0.2, 0.25) is 0 Å². The summed E-state index contributed by atoms with van der Waals surface area (Å²) in [5, 5.41) is 3.98. The second-order valence-electron chi connectivity index (χ2n) is 5.02. The van der Waals surface area contributed by atoms with E-state index in [1.807, 2.05) is 31.2 Å². The number of nitrogens with one attached hydrogen (secondary N) is 1. The van der Waals surface area contributed by atoms with Crippen LogP contribution in [0.5, 0.6) is 5.75 Å². The summed E-state index contributed by atoms with van der Waals surface area (Å²) in [5.41, 5.74) is 1.80. The molecule has 22 heavy (non-hydrogen) atoms. The summed E-state index contributed by atoms with van der Waals surface area (Å²) in [7, 11) is 1.64. The number of anilines is 1. The van der Waals surface area contributed by atoms with Gasteiger partial charge in [0.1, 0.15) is 23.7 Å². The molecule has 112 valence electrons. The second kappa shape index (κ2) is 5.97. The first-order valence-electron chi connectivity index (χ1n) is 6.98. The number of nitrogens with zero attached hydrogens (tertiary/aromatic N) is 2. The van der Waals surface area contributed by atoms with E-state index >= 15 is 0 Å². The standard InChI is InChI=1S/C17H16FN3O/c1-11(12-3-6-14(22-2)7-4-12)21-17-15-9-13(18)5-8-16(15)19-10-20-17/h3-11H,1-2H3,(H,19,20,21). The zero-order chi connectivity index (χ0) is 15.5. The molecule has 1 atom stereocenters. The molecule has 0 saturated carbocycles. The molecule has 3 aromatic rings. The number of benzene rings is 2. The molecule has 4 nitrogen and oxygen atoms in total. The van der Waals surface area contributed by atoms with Gasteiger partial charge in [-0.1, -0.05) is 12.1 Å². The van der Waals surface area contributed by atoms with Crippen LogP contribution in [0.3, 0.4) is 0 Å². The van der Waals surface area contributed by atoms with Gasteiger partial charge in [-0.3, -0.25) is 0 Å². The fraction of sp³-hybridized carbons (Fsp3) is 0.176. The molecule has 5 heteroatoms. The normalized spacial score (nSPS) is 12.1. The highest BCUT2D eigenvalue weighted by Crippen LogP contribution is 2.25. The Kier molecular flexibility index (Phi) is 3.87. The van der Waals surface area contributed by atoms with Gasteiger partial charge in [0.15, 0.2) is 0 Å². The van der Waals surface area contributed by atoms with Crippen molar-refractivity contribution >= 4 is 16.7 Å². The van der Waals surface area contributed by atoms with Crippen molar-refractivity contribution in [3.05, 3.63) is 60.2 Å². The Labute approximate surface area is 128 Å². The molecule has 3 rings (SSSR count). The van der Waals surface area contributed by atoms with Crippen LogP contribution in [0.25, 0.3) is 10.9 Å². The molecule has 0 saturated heterocycles. The van der Waals surface area contributed by atoms with Crippen molar-refractivity contribution in [2.24, 2.45) is 0 Å². The first kappa shape index (κ1) is 14.3. The van der Waals surface area contributed by atoms with Crippen molar-refractivity contribution in [1.29, 1.82) is 0 Å². The van der Waals surface area contributed by atoms with E-state index in [1.165, 1.54) is 18.5 Å². The maximum Gasteiger partial charge on any atom is 0.137 e. The zero-order valence-electron chi connectivity index (χ0n) is 12.4. The number of methoxy groups -OCH3 is 1. The highest BCUT2D eigenvalue weighted by Gasteiger charge is 2.10. The summed E-state index contributed by atoms with van der Waals surface area (Å²) in [5.74, 6) is 1.13. The van der Waals surface area contributed by atoms with E-state index in [1.54, 1.807) is 13.2 Å². The highest BCUT2D eigenvalue weighted by atomic mass is 19.1. The Bertz CT molecular complexity index is 790. The van der Waals surface area contributed by atoms with E-state index in [0.29, 0.717) is 16.7 Å². The molecule has 1 heterocycles. The summed E-state index contributed by atoms with van der Waals surface area (Å²) in [6.07, 6.45) is 1.48. The van der Waals surface area contributed by atoms with Gasteiger partial charge >= 0.3 is 0 Å². The number of rotatable bonds is 4. The van der Waals surface area contributed by atoms with Crippen molar-refractivity contribution in [3.8, 4) is 5.75 Å². The molecule has 1 N–H and O–H groups in total. The molecule has 0 aliphatic carbocycles. The molecule has 1 aromatic heterocycles. The number of fused-ring (bicyclic) bond motifs is 1. The first-order chi connectivity index (χ1) is 10.7. The fourth-order valence-electron chi connectivity index (χ4n) is 2.32. The molecule has 0 spiro atoms. The van der Waals surface area contributed by atoms with Gasteiger partial charge < -0.3 is 10.1 Å². The quantitative estimate of drug-likeness (QED) is 0.792. The average molecular weight is 297 g/mol. The molecular weight excluding hydrogens is 281 g/mol. The van der Waals surface area contributed by atoms with Crippen LogP contribution in [0.1, 0.15) is 18.5 Å². The Morgan fingerprint density at radius 1 is 1.09 bits per heavy atom. The number of ether oxygens (including phenoxy) is 1. The van der Waals surface area contributed by atoms with Crippen molar-refractivity contribution < 1.29 is 9.13 Å². The van der Waals surface area contributed by atoms with E-state index < -0.39 is 0 Å². The largest absolute Gasteiger partial charge is 0.497 e. The minimum Gasteiger partial charge on any atom is -0.497 e. The number of hydrogen-bond donors (Lipinski definition) is 1. The van der Waals surface area contributed by atoms with Crippen molar-refractivity contribution in [2.75, 3.05) is 12.4 Å². The number of hydrogen-bond acceptors (Lipinski definition) is 4. The summed E-state index contributed by atoms with van der Waals surface area (Å²) in [6.45, 7) is 2.02. The van der Waals surface area contributed by atoms with Gasteiger partial charge in [-0.05, 0) is 42.8 Å². The van der Waals surface area contributed by atoms with Crippen LogP contribution < -0.4 is 10.1 Å². The van der Waals surface area contributed by atoms with Crippen LogP contribution in [0.15, 0.2) is 48.8 Å². The van der Waals surface area contributed by atoms with E-state index in [2.05, 4.69) is 15.3 Å². The predicted octanol–water partition coefficient (Wildman–Crippen LogP) is 3.95. The highest BCUT2D eigenvalue weighted by molar-refractivity contribution is 5.88. The Balaban J connectivity index is 1.90. The van der Waals surface area contributed by atoms with Gasteiger partial charge in [0.05, 0.1) is 12.6 Å². The maximum absolute atomic E-state index is 13.5. The van der Waals surface area contributed by atoms with E-state index in [4.69, 9.17) is 4.74 Å². The molecule has 0 aliphatic rings.